The number of anilines is 2. The number of hydrogen-bond acceptors (Lipinski definition) is 34. The minimum Gasteiger partial charge on any atom is -0.386 e. The molecule has 48 nitrogen and oxygen atoms in total. The Morgan fingerprint density at radius 3 is 1.23 bits per heavy atom. The normalized spacial score (nSPS) is 22.9. The number of amides is 4. The summed E-state index contributed by atoms with van der Waals surface area (Å²) in [4.78, 5) is 181. The molecule has 4 aliphatic rings. The number of carbonyl (C=O) groups excluding carboxylic acids is 6. The molecular weight excluding hydrogens is 1720 g/mol. The summed E-state index contributed by atoms with van der Waals surface area (Å²) >= 11 is 0. The van der Waals surface area contributed by atoms with Gasteiger partial charge in [0, 0.05) is 73.5 Å². The summed E-state index contributed by atoms with van der Waals surface area (Å²) < 4.78 is 126. The lowest BCUT2D eigenvalue weighted by Crippen LogP contribution is -2.46. The van der Waals surface area contributed by atoms with E-state index in [0.29, 0.717) is 0 Å². The number of aliphatic hydroxyl groups is 4. The highest BCUT2D eigenvalue weighted by atomic mass is 31.3. The van der Waals surface area contributed by atoms with Crippen LogP contribution in [0.4, 0.5) is 11.6 Å². The molecule has 2 saturated carbocycles. The highest BCUT2D eigenvalue weighted by Gasteiger charge is 2.54. The lowest BCUT2D eigenvalue weighted by molar-refractivity contribution is -0.137. The van der Waals surface area contributed by atoms with E-state index in [-0.39, 0.29) is 97.4 Å². The van der Waals surface area contributed by atoms with Gasteiger partial charge in [0.1, 0.15) is 84.1 Å². The number of phosphoric acid groups is 6. The molecule has 54 heteroatoms. The van der Waals surface area contributed by atoms with E-state index in [1.165, 1.54) is 38.8 Å². The third-order valence-corrected chi connectivity index (χ3v) is 26.8. The van der Waals surface area contributed by atoms with Gasteiger partial charge in [0.05, 0.1) is 39.1 Å². The smallest absolute Gasteiger partial charge is 0.386 e. The van der Waals surface area contributed by atoms with Crippen LogP contribution in [0.25, 0.3) is 22.3 Å². The van der Waals surface area contributed by atoms with Gasteiger partial charge in [0.25, 0.3) is 0 Å². The monoisotopic (exact) mass is 1820 g/mol. The SMILES string of the molecule is CC(C)(COP(=O)(O)OP(=O)(O)OCC1OC(n2cnc3c(N)ncnc32)C(O)C1OP(=O)(O)O)C(O)C(=O)NCCC(=O)NCCC(=O)C1(CCCCCc2cccc(CCCCCC3(C(=O)CCNC(=O)CCNC(=O)C(O)C(C)(C)COP(=O)(O)OP(=O)(O)OCC4OC(n5cnc6c(N)ncnc65)C(O)C4OP(=O)(O)O)CC3)c2)CC1. The quantitative estimate of drug-likeness (QED) is 0.0196. The molecule has 6 heterocycles. The van der Waals surface area contributed by atoms with Crippen molar-refractivity contribution in [1.82, 2.24) is 60.3 Å². The molecule has 0 bridgehead atoms. The second kappa shape index (κ2) is 40.7. The molecule has 9 rings (SSSR count). The number of Topliss-reactive ketones (excluding diaryl/α,β-unsaturated/α-hetero) is 2. The molecule has 14 unspecified atom stereocenters. The maximum absolute atomic E-state index is 13.3. The zero-order valence-electron chi connectivity index (χ0n) is 65.5. The summed E-state index contributed by atoms with van der Waals surface area (Å²) in [5.74, 6) is -3.04. The molecule has 670 valence electrons. The van der Waals surface area contributed by atoms with E-state index < -0.39 is 180 Å². The Labute approximate surface area is 685 Å². The average molecular weight is 1820 g/mol. The number of benzene rings is 1. The van der Waals surface area contributed by atoms with Gasteiger partial charge in [-0.2, -0.15) is 8.62 Å². The van der Waals surface area contributed by atoms with E-state index in [9.17, 15) is 116 Å². The van der Waals surface area contributed by atoms with Crippen molar-refractivity contribution in [2.45, 2.75) is 205 Å². The fraction of sp³-hybridized carbons (Fsp3) is 0.667. The number of aliphatic hydroxyl groups excluding tert-OH is 4. The van der Waals surface area contributed by atoms with Crippen molar-refractivity contribution in [2.24, 2.45) is 21.7 Å². The van der Waals surface area contributed by atoms with Crippen molar-refractivity contribution in [3.63, 3.8) is 0 Å². The Hall–Kier alpha value is -6.36. The van der Waals surface area contributed by atoms with Crippen LogP contribution in [-0.2, 0) is 114 Å². The molecule has 4 amide bonds. The second-order valence-electron chi connectivity index (χ2n) is 31.0. The zero-order valence-corrected chi connectivity index (χ0v) is 70.9. The molecule has 0 radical (unpaired) electrons. The first-order valence-corrected chi connectivity index (χ1v) is 47.0. The number of aryl methyl sites for hydroxylation is 2. The summed E-state index contributed by atoms with van der Waals surface area (Å²) in [6, 6.07) is 8.42. The first-order chi connectivity index (χ1) is 56.0. The van der Waals surface area contributed by atoms with Crippen LogP contribution in [0.15, 0.2) is 49.6 Å². The van der Waals surface area contributed by atoms with Gasteiger partial charge in [-0.1, -0.05) is 77.6 Å². The first kappa shape index (κ1) is 97.4. The van der Waals surface area contributed by atoms with E-state index in [2.05, 4.69) is 87.0 Å². The zero-order chi connectivity index (χ0) is 88.2. The number of aromatic nitrogens is 8. The lowest BCUT2D eigenvalue weighted by Gasteiger charge is -2.30. The topological polar surface area (TPSA) is 727 Å². The summed E-state index contributed by atoms with van der Waals surface area (Å²) in [6.07, 6.45) is -2.65. The van der Waals surface area contributed by atoms with Crippen LogP contribution in [0.2, 0.25) is 0 Å². The summed E-state index contributed by atoms with van der Waals surface area (Å²) in [6.45, 7) is 0.364. The standard InChI is InChI=1S/C66H102N14O34P6/c1-63(2,33-107-119(101,102)113-117(97,98)105-31-41-51(111-115(91,92)93)49(85)61(109-41)79-37-77-47-55(67)73-35-75-57(47)79)53(87)59(89)71-28-18-45(83)69-26-16-43(81)65(22-23-65)20-9-5-7-12-39-14-11-15-40(30-39)13-8-6-10-21-66(24-25-66)44(82)17-27-70-46(84)19-29-72-60(90)54(88)64(3,4)34-108-120(103,104)114-118(99,100)106-32-42-52(112-116(94,95)96)50(86)62(110-42)80-38-78-48-56(68)74-36-76-58(48)80/h11,14-15,30,35-38,41-42,49-54,61-62,85-88H,5-10,12-13,16-29,31-34H2,1-4H3,(H,69,83)(H,70,84)(H,71,89)(H,72,90)(H,97,98)(H,99,100)(H,101,102)(H,103,104)(H2,67,73,75)(H2,68,74,76)(H2,91,92,93)(H2,94,95,96). The number of nitrogen functional groups attached to an aromatic ring is 2. The Bertz CT molecular complexity index is 4470. The predicted molar refractivity (Wildman–Crippen MR) is 413 cm³/mol. The van der Waals surface area contributed by atoms with Crippen LogP contribution in [-0.4, -0.2) is 235 Å². The highest BCUT2D eigenvalue weighted by Crippen LogP contribution is 2.63. The highest BCUT2D eigenvalue weighted by molar-refractivity contribution is 7.61. The third kappa shape index (κ3) is 27.8. The van der Waals surface area contributed by atoms with Gasteiger partial charge in [0.15, 0.2) is 35.4 Å². The van der Waals surface area contributed by atoms with Crippen LogP contribution >= 0.6 is 46.9 Å². The predicted octanol–water partition coefficient (Wildman–Crippen LogP) is 2.21. The number of fused-ring (bicyclic) bond motifs is 2. The number of ketones is 2. The Balaban J connectivity index is 0.575. The fourth-order valence-electron chi connectivity index (χ4n) is 13.6. The van der Waals surface area contributed by atoms with Crippen molar-refractivity contribution in [3.05, 3.63) is 60.7 Å². The number of carbonyl (C=O) groups is 6. The number of phosphoric ester groups is 6. The fourth-order valence-corrected chi connectivity index (χ4v) is 19.2. The van der Waals surface area contributed by atoms with Gasteiger partial charge < -0.3 is 102 Å². The van der Waals surface area contributed by atoms with Crippen LogP contribution in [0.1, 0.15) is 154 Å². The maximum Gasteiger partial charge on any atom is 0.481 e. The van der Waals surface area contributed by atoms with Gasteiger partial charge in [-0.05, 0) is 75.3 Å². The van der Waals surface area contributed by atoms with Crippen LogP contribution in [0.5, 0.6) is 0 Å². The average Bonchev–Trinajstić information content (AvgIpc) is 1.61. The molecule has 0 spiro atoms. The Kier molecular flexibility index (Phi) is 33.1. The van der Waals surface area contributed by atoms with Crippen LogP contribution in [0.3, 0.4) is 0 Å². The summed E-state index contributed by atoms with van der Waals surface area (Å²) in [5.41, 5.74) is 9.95. The van der Waals surface area contributed by atoms with Crippen molar-refractivity contribution in [2.75, 3.05) is 64.1 Å². The number of nitrogens with one attached hydrogen (secondary N) is 4. The molecule has 2 aliphatic heterocycles. The molecule has 1 aromatic carbocycles. The Morgan fingerprint density at radius 1 is 0.517 bits per heavy atom. The number of nitrogens with two attached hydrogens (primary N) is 2. The van der Waals surface area contributed by atoms with Crippen LogP contribution in [0, 0.1) is 21.7 Å². The second-order valence-corrected chi connectivity index (χ2v) is 39.5. The van der Waals surface area contributed by atoms with Crippen molar-refractivity contribution >= 4 is 116 Å². The van der Waals surface area contributed by atoms with Gasteiger partial charge in [-0.3, -0.25) is 65.0 Å². The van der Waals surface area contributed by atoms with Crippen molar-refractivity contribution in [3.8, 4) is 0 Å². The number of hydrogen-bond donors (Lipinski definition) is 18. The number of unbranched alkanes of at least 4 members (excludes halogenated alkanes) is 4. The lowest BCUT2D eigenvalue weighted by atomic mass is 9.87. The van der Waals surface area contributed by atoms with E-state index >= 15 is 0 Å². The number of rotatable bonds is 52. The van der Waals surface area contributed by atoms with Gasteiger partial charge in [0.2, 0.25) is 23.6 Å². The molecule has 4 fully saturated rings. The van der Waals surface area contributed by atoms with Crippen molar-refractivity contribution in [1.29, 1.82) is 0 Å². The largest absolute Gasteiger partial charge is 0.481 e. The first-order valence-electron chi connectivity index (χ1n) is 38.0. The van der Waals surface area contributed by atoms with Crippen LogP contribution < -0.4 is 32.7 Å². The van der Waals surface area contributed by atoms with E-state index in [1.54, 1.807) is 0 Å². The number of imidazole rings is 2. The minimum atomic E-state index is -5.64. The Morgan fingerprint density at radius 2 is 0.875 bits per heavy atom. The molecule has 14 atom stereocenters. The molecule has 20 N–H and O–H groups in total. The summed E-state index contributed by atoms with van der Waals surface area (Å²) in [7, 11) is -33.2. The minimum absolute atomic E-state index is 0.00760. The maximum atomic E-state index is 13.3. The molecule has 2 aliphatic carbocycles. The molecule has 4 aromatic heterocycles. The van der Waals surface area contributed by atoms with Gasteiger partial charge in [-0.25, -0.2) is 57.3 Å². The number of ether oxygens (including phenoxy) is 2. The van der Waals surface area contributed by atoms with E-state index in [4.69, 9.17) is 39.0 Å². The molecular formula is C66H102N14O34P6. The van der Waals surface area contributed by atoms with Gasteiger partial charge >= 0.3 is 46.9 Å². The molecule has 2 saturated heterocycles. The van der Waals surface area contributed by atoms with E-state index in [0.717, 1.165) is 124 Å². The molecule has 120 heavy (non-hydrogen) atoms. The van der Waals surface area contributed by atoms with Gasteiger partial charge in [-0.15, -0.1) is 0 Å². The van der Waals surface area contributed by atoms with Crippen molar-refractivity contribution < 1.29 is 161 Å². The summed E-state index contributed by atoms with van der Waals surface area (Å²) in [5, 5.41) is 53.7. The molecule has 5 aromatic rings. The third-order valence-electron chi connectivity index (χ3n) is 20.6. The number of nitrogens with zero attached hydrogens (tertiary/aromatic N) is 8. The van der Waals surface area contributed by atoms with E-state index in [1.807, 2.05) is 6.07 Å².